The Morgan fingerprint density at radius 2 is 2.29 bits per heavy atom. The minimum Gasteiger partial charge on any atom is -0.348 e. The van der Waals surface area contributed by atoms with Gasteiger partial charge in [-0.2, -0.15) is 0 Å². The number of amides is 1. The molecule has 1 amide bonds. The largest absolute Gasteiger partial charge is 0.348 e. The third kappa shape index (κ3) is 2.77. The summed E-state index contributed by atoms with van der Waals surface area (Å²) in [6.07, 6.45) is 5.68. The molecule has 1 aliphatic rings. The molecule has 1 aliphatic heterocycles. The first-order valence-electron chi connectivity index (χ1n) is 8.37. The molecule has 0 saturated carbocycles. The molecule has 1 atom stereocenters. The van der Waals surface area contributed by atoms with Crippen LogP contribution >= 0.6 is 0 Å². The topological polar surface area (TPSA) is 59.8 Å². The van der Waals surface area contributed by atoms with E-state index in [2.05, 4.69) is 21.8 Å². The molecular formula is C19H20N4O. The summed E-state index contributed by atoms with van der Waals surface area (Å²) in [7, 11) is 0. The number of carbonyl (C=O) groups excluding carboxylic acids is 1. The Hall–Kier alpha value is -2.69. The van der Waals surface area contributed by atoms with Crippen LogP contribution < -0.4 is 5.32 Å². The number of hydrogen-bond acceptors (Lipinski definition) is 3. The van der Waals surface area contributed by atoms with Crippen LogP contribution in [0.25, 0.3) is 11.0 Å². The fourth-order valence-electron chi connectivity index (χ4n) is 3.28. The summed E-state index contributed by atoms with van der Waals surface area (Å²) in [5, 5.41) is 2.94. The minimum atomic E-state index is -0.0832. The second-order valence-electron chi connectivity index (χ2n) is 6.53. The third-order valence-corrected chi connectivity index (χ3v) is 4.64. The quantitative estimate of drug-likeness (QED) is 0.807. The molecule has 3 aromatic rings. The Balaban J connectivity index is 1.55. The maximum absolute atomic E-state index is 12.4. The van der Waals surface area contributed by atoms with Gasteiger partial charge in [0.05, 0.1) is 11.0 Å². The van der Waals surface area contributed by atoms with E-state index in [0.717, 1.165) is 35.4 Å². The highest BCUT2D eigenvalue weighted by Crippen LogP contribution is 2.25. The van der Waals surface area contributed by atoms with E-state index in [-0.39, 0.29) is 5.91 Å². The van der Waals surface area contributed by atoms with Crippen molar-refractivity contribution in [3.8, 4) is 0 Å². The summed E-state index contributed by atoms with van der Waals surface area (Å²) in [6, 6.07) is 9.60. The van der Waals surface area contributed by atoms with Crippen molar-refractivity contribution in [2.24, 2.45) is 5.92 Å². The van der Waals surface area contributed by atoms with Crippen LogP contribution in [0.4, 0.5) is 0 Å². The van der Waals surface area contributed by atoms with Crippen molar-refractivity contribution in [1.82, 2.24) is 19.9 Å². The lowest BCUT2D eigenvalue weighted by molar-refractivity contribution is 0.0951. The van der Waals surface area contributed by atoms with Gasteiger partial charge in [-0.15, -0.1) is 0 Å². The van der Waals surface area contributed by atoms with E-state index in [9.17, 15) is 4.79 Å². The Labute approximate surface area is 140 Å². The van der Waals surface area contributed by atoms with Crippen LogP contribution in [0.3, 0.4) is 0 Å². The average molecular weight is 320 g/mol. The molecule has 2 aromatic heterocycles. The SMILES string of the molecule is CC1CCn2c(nc3cc(C(=O)NCc4cccnc4)ccc32)C1. The fourth-order valence-corrected chi connectivity index (χ4v) is 3.28. The molecule has 3 heterocycles. The highest BCUT2D eigenvalue weighted by atomic mass is 16.1. The minimum absolute atomic E-state index is 0.0832. The van der Waals surface area contributed by atoms with Gasteiger partial charge in [-0.3, -0.25) is 9.78 Å². The van der Waals surface area contributed by atoms with Crippen LogP contribution in [0, 0.1) is 5.92 Å². The summed E-state index contributed by atoms with van der Waals surface area (Å²) in [5.74, 6) is 1.73. The molecule has 1 unspecified atom stereocenters. The van der Waals surface area contributed by atoms with E-state index in [1.807, 2.05) is 30.3 Å². The Bertz CT molecular complexity index is 885. The Kier molecular flexibility index (Phi) is 3.76. The zero-order valence-electron chi connectivity index (χ0n) is 13.7. The fraction of sp³-hybridized carbons (Fsp3) is 0.316. The Morgan fingerprint density at radius 1 is 1.38 bits per heavy atom. The maximum Gasteiger partial charge on any atom is 0.251 e. The van der Waals surface area contributed by atoms with Crippen molar-refractivity contribution in [2.45, 2.75) is 32.9 Å². The lowest BCUT2D eigenvalue weighted by Crippen LogP contribution is -2.22. The summed E-state index contributed by atoms with van der Waals surface area (Å²) < 4.78 is 2.28. The number of aryl methyl sites for hydroxylation is 1. The number of nitrogens with one attached hydrogen (secondary N) is 1. The predicted molar refractivity (Wildman–Crippen MR) is 92.6 cm³/mol. The van der Waals surface area contributed by atoms with Crippen molar-refractivity contribution in [3.63, 3.8) is 0 Å². The van der Waals surface area contributed by atoms with Crippen LogP contribution in [0.2, 0.25) is 0 Å². The molecule has 5 heteroatoms. The van der Waals surface area contributed by atoms with Crippen molar-refractivity contribution in [1.29, 1.82) is 0 Å². The van der Waals surface area contributed by atoms with E-state index in [1.165, 1.54) is 6.42 Å². The smallest absolute Gasteiger partial charge is 0.251 e. The number of benzene rings is 1. The first kappa shape index (κ1) is 14.9. The first-order chi connectivity index (χ1) is 11.7. The van der Waals surface area contributed by atoms with Crippen molar-refractivity contribution >= 4 is 16.9 Å². The predicted octanol–water partition coefficient (Wildman–Crippen LogP) is 2.94. The number of nitrogens with zero attached hydrogens (tertiary/aromatic N) is 3. The zero-order chi connectivity index (χ0) is 16.5. The molecule has 0 aliphatic carbocycles. The standard InChI is InChI=1S/C19H20N4O/c1-13-6-8-23-17-5-4-15(10-16(17)22-18(23)9-13)19(24)21-12-14-3-2-7-20-11-14/h2-5,7,10-11,13H,6,8-9,12H2,1H3,(H,21,24). The van der Waals surface area contributed by atoms with Gasteiger partial charge in [0.15, 0.2) is 0 Å². The van der Waals surface area contributed by atoms with Gasteiger partial charge in [0.1, 0.15) is 5.82 Å². The van der Waals surface area contributed by atoms with Crippen molar-refractivity contribution < 1.29 is 4.79 Å². The molecule has 5 nitrogen and oxygen atoms in total. The van der Waals surface area contributed by atoms with E-state index < -0.39 is 0 Å². The van der Waals surface area contributed by atoms with Gasteiger partial charge in [0, 0.05) is 37.5 Å². The molecule has 0 saturated heterocycles. The summed E-state index contributed by atoms with van der Waals surface area (Å²) in [5.41, 5.74) is 3.67. The van der Waals surface area contributed by atoms with E-state index in [4.69, 9.17) is 4.98 Å². The summed E-state index contributed by atoms with van der Waals surface area (Å²) in [6.45, 7) is 3.75. The molecule has 0 radical (unpaired) electrons. The Morgan fingerprint density at radius 3 is 3.12 bits per heavy atom. The molecule has 24 heavy (non-hydrogen) atoms. The van der Waals surface area contributed by atoms with Gasteiger partial charge in [-0.05, 0) is 42.2 Å². The van der Waals surface area contributed by atoms with Crippen molar-refractivity contribution in [3.05, 3.63) is 59.7 Å². The molecule has 0 spiro atoms. The molecule has 1 aromatic carbocycles. The van der Waals surface area contributed by atoms with Crippen molar-refractivity contribution in [2.75, 3.05) is 0 Å². The molecule has 4 rings (SSSR count). The van der Waals surface area contributed by atoms with Crippen LogP contribution in [-0.2, 0) is 19.5 Å². The normalized spacial score (nSPS) is 16.8. The number of hydrogen-bond donors (Lipinski definition) is 1. The zero-order valence-corrected chi connectivity index (χ0v) is 13.7. The van der Waals surface area contributed by atoms with Crippen LogP contribution in [-0.4, -0.2) is 20.4 Å². The third-order valence-electron chi connectivity index (χ3n) is 4.64. The van der Waals surface area contributed by atoms with E-state index >= 15 is 0 Å². The molecule has 0 bridgehead atoms. The number of rotatable bonds is 3. The van der Waals surface area contributed by atoms with Gasteiger partial charge in [0.25, 0.3) is 5.91 Å². The van der Waals surface area contributed by atoms with Gasteiger partial charge in [-0.25, -0.2) is 4.98 Å². The first-order valence-corrected chi connectivity index (χ1v) is 8.37. The van der Waals surface area contributed by atoms with Crippen LogP contribution in [0.1, 0.15) is 35.1 Å². The number of imidazole rings is 1. The molecule has 1 N–H and O–H groups in total. The number of pyridine rings is 1. The van der Waals surface area contributed by atoms with E-state index in [0.29, 0.717) is 18.0 Å². The second kappa shape index (κ2) is 6.07. The lowest BCUT2D eigenvalue weighted by Gasteiger charge is -2.19. The number of aromatic nitrogens is 3. The maximum atomic E-state index is 12.4. The van der Waals surface area contributed by atoms with Gasteiger partial charge < -0.3 is 9.88 Å². The van der Waals surface area contributed by atoms with E-state index in [1.54, 1.807) is 12.4 Å². The highest BCUT2D eigenvalue weighted by molar-refractivity contribution is 5.97. The monoisotopic (exact) mass is 320 g/mol. The summed E-state index contributed by atoms with van der Waals surface area (Å²) in [4.78, 5) is 21.2. The highest BCUT2D eigenvalue weighted by Gasteiger charge is 2.19. The second-order valence-corrected chi connectivity index (χ2v) is 6.53. The van der Waals surface area contributed by atoms with Gasteiger partial charge in [-0.1, -0.05) is 13.0 Å². The van der Waals surface area contributed by atoms with Gasteiger partial charge in [0.2, 0.25) is 0 Å². The lowest BCUT2D eigenvalue weighted by atomic mass is 10.0. The summed E-state index contributed by atoms with van der Waals surface area (Å²) >= 11 is 0. The molecular weight excluding hydrogens is 300 g/mol. The van der Waals surface area contributed by atoms with Gasteiger partial charge >= 0.3 is 0 Å². The van der Waals surface area contributed by atoms with Crippen LogP contribution in [0.15, 0.2) is 42.7 Å². The molecule has 0 fully saturated rings. The number of fused-ring (bicyclic) bond motifs is 3. The molecule has 122 valence electrons. The average Bonchev–Trinajstić information content (AvgIpc) is 2.97. The number of carbonyl (C=O) groups is 1. The van der Waals surface area contributed by atoms with Crippen LogP contribution in [0.5, 0.6) is 0 Å².